The number of aryl methyl sites for hydroxylation is 1. The fourth-order valence-electron chi connectivity index (χ4n) is 3.68. The molecule has 3 aromatic rings. The van der Waals surface area contributed by atoms with Crippen molar-refractivity contribution in [3.05, 3.63) is 59.7 Å². The molecule has 156 valence electrons. The fourth-order valence-corrected chi connectivity index (χ4v) is 4.94. The topological polar surface area (TPSA) is 74.3 Å². The van der Waals surface area contributed by atoms with Gasteiger partial charge in [0.05, 0.1) is 22.0 Å². The number of nitrogens with zero attached hydrogens (tertiary/aromatic N) is 2. The second-order valence-electron chi connectivity index (χ2n) is 7.53. The highest BCUT2D eigenvalue weighted by Gasteiger charge is 2.21. The predicted octanol–water partition coefficient (Wildman–Crippen LogP) is 3.22. The number of hydrogen-bond acceptors (Lipinski definition) is 5. The third kappa shape index (κ3) is 4.37. The van der Waals surface area contributed by atoms with Crippen molar-refractivity contribution < 1.29 is 9.00 Å². The maximum Gasteiger partial charge on any atom is 0.225 e. The zero-order valence-electron chi connectivity index (χ0n) is 17.3. The van der Waals surface area contributed by atoms with Crippen LogP contribution in [0.1, 0.15) is 17.5 Å². The minimum absolute atomic E-state index is 0.0355. The molecule has 0 saturated carbocycles. The molecule has 1 aromatic heterocycles. The van der Waals surface area contributed by atoms with E-state index in [2.05, 4.69) is 15.5 Å². The lowest BCUT2D eigenvalue weighted by Gasteiger charge is -2.23. The number of aromatic nitrogens is 1. The van der Waals surface area contributed by atoms with Crippen LogP contribution in [0.2, 0.25) is 0 Å². The molecule has 7 heteroatoms. The van der Waals surface area contributed by atoms with Gasteiger partial charge >= 0.3 is 0 Å². The summed E-state index contributed by atoms with van der Waals surface area (Å²) in [5.74, 6) is 1.30. The van der Waals surface area contributed by atoms with Crippen LogP contribution < -0.4 is 15.5 Å². The molecule has 30 heavy (non-hydrogen) atoms. The molecule has 0 bridgehead atoms. The number of nitrogens with one attached hydrogen (secondary N) is 2. The fraction of sp³-hybridized carbons (Fsp3) is 0.304. The van der Waals surface area contributed by atoms with Gasteiger partial charge in [-0.15, -0.1) is 0 Å². The van der Waals surface area contributed by atoms with Crippen molar-refractivity contribution >= 4 is 39.1 Å². The summed E-state index contributed by atoms with van der Waals surface area (Å²) in [6.07, 6.45) is 0.400. The lowest BCUT2D eigenvalue weighted by atomic mass is 10.1. The van der Waals surface area contributed by atoms with Gasteiger partial charge in [0.1, 0.15) is 5.82 Å². The van der Waals surface area contributed by atoms with Crippen LogP contribution in [0.3, 0.4) is 0 Å². The molecule has 0 spiro atoms. The first-order valence-corrected chi connectivity index (χ1v) is 11.4. The van der Waals surface area contributed by atoms with Gasteiger partial charge in [-0.1, -0.05) is 29.8 Å². The van der Waals surface area contributed by atoms with E-state index in [1.165, 1.54) is 0 Å². The van der Waals surface area contributed by atoms with Crippen molar-refractivity contribution in [3.63, 3.8) is 0 Å². The molecule has 2 heterocycles. The second kappa shape index (κ2) is 8.93. The minimum Gasteiger partial charge on any atom is -0.351 e. The first-order valence-electron chi connectivity index (χ1n) is 10.1. The maximum absolute atomic E-state index is 12.6. The van der Waals surface area contributed by atoms with Crippen LogP contribution in [0, 0.1) is 6.92 Å². The number of carbonyl (C=O) groups excluding carboxylic acids is 1. The van der Waals surface area contributed by atoms with Crippen molar-refractivity contribution in [3.8, 4) is 0 Å². The van der Waals surface area contributed by atoms with Gasteiger partial charge in [-0.2, -0.15) is 0 Å². The van der Waals surface area contributed by atoms with E-state index in [0.717, 1.165) is 38.4 Å². The molecule has 0 saturated heterocycles. The lowest BCUT2D eigenvalue weighted by Crippen LogP contribution is -2.26. The van der Waals surface area contributed by atoms with Crippen molar-refractivity contribution in [2.45, 2.75) is 24.8 Å². The van der Waals surface area contributed by atoms with Gasteiger partial charge in [-0.3, -0.25) is 9.00 Å². The van der Waals surface area contributed by atoms with Gasteiger partial charge in [0.25, 0.3) is 0 Å². The number of fused-ring (bicyclic) bond motifs is 2. The number of pyridine rings is 1. The summed E-state index contributed by atoms with van der Waals surface area (Å²) in [7, 11) is 0.809. The Balaban J connectivity index is 1.73. The van der Waals surface area contributed by atoms with Gasteiger partial charge < -0.3 is 15.5 Å². The van der Waals surface area contributed by atoms with Gasteiger partial charge in [0.2, 0.25) is 5.91 Å². The van der Waals surface area contributed by atoms with Gasteiger partial charge in [0.15, 0.2) is 0 Å². The van der Waals surface area contributed by atoms with Crippen LogP contribution in [0.15, 0.2) is 53.4 Å². The molecule has 6 nitrogen and oxygen atoms in total. The first kappa shape index (κ1) is 20.5. The highest BCUT2D eigenvalue weighted by molar-refractivity contribution is 7.85. The summed E-state index contributed by atoms with van der Waals surface area (Å²) in [4.78, 5) is 20.3. The van der Waals surface area contributed by atoms with Gasteiger partial charge in [-0.05, 0) is 37.7 Å². The minimum atomic E-state index is -1.02. The van der Waals surface area contributed by atoms with Crippen molar-refractivity contribution in [1.82, 2.24) is 10.3 Å². The Morgan fingerprint density at radius 3 is 2.87 bits per heavy atom. The summed E-state index contributed by atoms with van der Waals surface area (Å²) < 4.78 is 12.6. The largest absolute Gasteiger partial charge is 0.351 e. The Labute approximate surface area is 179 Å². The SMILES string of the molecule is CNCCC(=O)Nc1cc(N2CCS(=O)c3ccccc3C2)nc2ccc(C)cc12. The average molecular weight is 423 g/mol. The van der Waals surface area contributed by atoms with Gasteiger partial charge in [-0.25, -0.2) is 4.98 Å². The summed E-state index contributed by atoms with van der Waals surface area (Å²) in [6, 6.07) is 15.9. The summed E-state index contributed by atoms with van der Waals surface area (Å²) >= 11 is 0. The Bertz CT molecular complexity index is 1120. The second-order valence-corrected chi connectivity index (χ2v) is 9.07. The molecule has 2 aromatic carbocycles. The van der Waals surface area contributed by atoms with Crippen molar-refractivity contribution in [2.75, 3.05) is 36.1 Å². The van der Waals surface area contributed by atoms with E-state index in [9.17, 15) is 9.00 Å². The Morgan fingerprint density at radius 2 is 2.03 bits per heavy atom. The predicted molar refractivity (Wildman–Crippen MR) is 122 cm³/mol. The van der Waals surface area contributed by atoms with E-state index in [0.29, 0.717) is 31.8 Å². The standard InChI is InChI=1S/C23H26N4O2S/c1-16-7-8-19-18(13-16)20(26-23(28)9-10-24-2)14-22(25-19)27-11-12-30(29)21-6-4-3-5-17(21)15-27/h3-8,13-14,24H,9-12,15H2,1-2H3,(H,25,26,28). The van der Waals surface area contributed by atoms with Crippen LogP contribution in [-0.2, 0) is 22.1 Å². The van der Waals surface area contributed by atoms with Crippen LogP contribution in [-0.4, -0.2) is 41.0 Å². The zero-order chi connectivity index (χ0) is 21.1. The molecule has 1 atom stereocenters. The van der Waals surface area contributed by atoms with E-state index in [-0.39, 0.29) is 5.91 Å². The molecule has 1 amide bonds. The van der Waals surface area contributed by atoms with E-state index < -0.39 is 10.8 Å². The summed E-state index contributed by atoms with van der Waals surface area (Å²) in [5, 5.41) is 6.99. The molecule has 0 radical (unpaired) electrons. The average Bonchev–Trinajstić information content (AvgIpc) is 2.91. The number of rotatable bonds is 5. The van der Waals surface area contributed by atoms with Gasteiger partial charge in [0, 0.05) is 48.2 Å². The number of anilines is 2. The number of benzene rings is 2. The molecule has 1 aliphatic rings. The van der Waals surface area contributed by atoms with Crippen LogP contribution >= 0.6 is 0 Å². The monoisotopic (exact) mass is 422 g/mol. The summed E-state index contributed by atoms with van der Waals surface area (Å²) in [5.41, 5.74) is 3.76. The Hall–Kier alpha value is -2.77. The van der Waals surface area contributed by atoms with Crippen LogP contribution in [0.5, 0.6) is 0 Å². The molecule has 1 aliphatic heterocycles. The first-order chi connectivity index (χ1) is 14.5. The van der Waals surface area contributed by atoms with E-state index in [1.54, 1.807) is 0 Å². The normalized spacial score (nSPS) is 16.2. The quantitative estimate of drug-likeness (QED) is 0.660. The van der Waals surface area contributed by atoms with Crippen LogP contribution in [0.4, 0.5) is 11.5 Å². The highest BCUT2D eigenvalue weighted by atomic mass is 32.2. The maximum atomic E-state index is 12.6. The third-order valence-electron chi connectivity index (χ3n) is 5.28. The van der Waals surface area contributed by atoms with Crippen LogP contribution in [0.25, 0.3) is 10.9 Å². The smallest absolute Gasteiger partial charge is 0.225 e. The highest BCUT2D eigenvalue weighted by Crippen LogP contribution is 2.30. The third-order valence-corrected chi connectivity index (χ3v) is 6.72. The molecule has 2 N–H and O–H groups in total. The van der Waals surface area contributed by atoms with E-state index >= 15 is 0 Å². The molecular formula is C23H26N4O2S. The number of amides is 1. The van der Waals surface area contributed by atoms with E-state index in [4.69, 9.17) is 4.98 Å². The Kier molecular flexibility index (Phi) is 6.11. The van der Waals surface area contributed by atoms with Crippen molar-refractivity contribution in [2.24, 2.45) is 0 Å². The lowest BCUT2D eigenvalue weighted by molar-refractivity contribution is -0.116. The van der Waals surface area contributed by atoms with E-state index in [1.807, 2.05) is 62.5 Å². The molecule has 0 fully saturated rings. The number of hydrogen-bond donors (Lipinski definition) is 2. The molecule has 4 rings (SSSR count). The zero-order valence-corrected chi connectivity index (χ0v) is 18.1. The Morgan fingerprint density at radius 1 is 1.20 bits per heavy atom. The van der Waals surface area contributed by atoms with Crippen molar-refractivity contribution in [1.29, 1.82) is 0 Å². The summed E-state index contributed by atoms with van der Waals surface area (Å²) in [6.45, 7) is 3.93. The number of carbonyl (C=O) groups is 1. The molecule has 1 unspecified atom stereocenters. The molecular weight excluding hydrogens is 396 g/mol. The molecule has 0 aliphatic carbocycles.